The van der Waals surface area contributed by atoms with Crippen molar-refractivity contribution < 1.29 is 9.18 Å². The predicted molar refractivity (Wildman–Crippen MR) is 61.2 cm³/mol. The number of aryl methyl sites for hydroxylation is 1. The van der Waals surface area contributed by atoms with Crippen LogP contribution >= 0.6 is 0 Å². The van der Waals surface area contributed by atoms with Crippen molar-refractivity contribution in [3.8, 4) is 0 Å². The Labute approximate surface area is 95.0 Å². The van der Waals surface area contributed by atoms with E-state index in [1.165, 1.54) is 12.1 Å². The summed E-state index contributed by atoms with van der Waals surface area (Å²) in [4.78, 5) is 11.1. The molecule has 3 nitrogen and oxygen atoms in total. The number of benzene rings is 1. The van der Waals surface area contributed by atoms with Gasteiger partial charge in [-0.05, 0) is 37.0 Å². The van der Waals surface area contributed by atoms with Gasteiger partial charge < -0.3 is 0 Å². The smallest absolute Gasteiger partial charge is 0.234 e. The van der Waals surface area contributed by atoms with E-state index >= 15 is 0 Å². The van der Waals surface area contributed by atoms with E-state index in [2.05, 4.69) is 10.9 Å². The highest BCUT2D eigenvalue weighted by molar-refractivity contribution is 5.75. The number of carbonyl (C=O) groups is 1. The van der Waals surface area contributed by atoms with Gasteiger partial charge in [-0.15, -0.1) is 0 Å². The van der Waals surface area contributed by atoms with Gasteiger partial charge in [0.2, 0.25) is 5.91 Å². The number of carbonyl (C=O) groups excluding carboxylic acids is 1. The Balaban J connectivity index is 2.18. The molecule has 0 aliphatic carbocycles. The summed E-state index contributed by atoms with van der Waals surface area (Å²) >= 11 is 0. The summed E-state index contributed by atoms with van der Waals surface area (Å²) in [5.74, 6) is -0.216. The Bertz CT molecular complexity index is 342. The Morgan fingerprint density at radius 2 is 2.19 bits per heavy atom. The zero-order valence-electron chi connectivity index (χ0n) is 9.42. The number of amides is 1. The first kappa shape index (κ1) is 12.6. The van der Waals surface area contributed by atoms with Gasteiger partial charge in [0.15, 0.2) is 0 Å². The Morgan fingerprint density at radius 1 is 1.38 bits per heavy atom. The van der Waals surface area contributed by atoms with Gasteiger partial charge in [0.1, 0.15) is 5.82 Å². The van der Waals surface area contributed by atoms with Gasteiger partial charge in [-0.3, -0.25) is 10.2 Å². The van der Waals surface area contributed by atoms with Crippen LogP contribution in [0.1, 0.15) is 24.8 Å². The molecule has 0 atom stereocenters. The highest BCUT2D eigenvalue weighted by Gasteiger charge is 2.00. The molecule has 1 aromatic rings. The van der Waals surface area contributed by atoms with Gasteiger partial charge >= 0.3 is 0 Å². The second-order valence-corrected chi connectivity index (χ2v) is 3.64. The number of hydrazine groups is 1. The van der Waals surface area contributed by atoms with Gasteiger partial charge in [-0.1, -0.05) is 12.1 Å². The molecule has 0 unspecified atom stereocenters. The zero-order chi connectivity index (χ0) is 11.8. The Kier molecular flexibility index (Phi) is 5.50. The minimum absolute atomic E-state index is 0.0123. The van der Waals surface area contributed by atoms with Gasteiger partial charge in [0.05, 0.1) is 0 Å². The molecule has 16 heavy (non-hydrogen) atoms. The van der Waals surface area contributed by atoms with Crippen molar-refractivity contribution in [3.63, 3.8) is 0 Å². The summed E-state index contributed by atoms with van der Waals surface area (Å²) in [6, 6.07) is 6.58. The van der Waals surface area contributed by atoms with Gasteiger partial charge in [-0.2, -0.15) is 0 Å². The van der Waals surface area contributed by atoms with Gasteiger partial charge in [0.25, 0.3) is 0 Å². The normalized spacial score (nSPS) is 10.1. The Morgan fingerprint density at radius 3 is 2.88 bits per heavy atom. The van der Waals surface area contributed by atoms with Crippen molar-refractivity contribution >= 4 is 5.91 Å². The lowest BCUT2D eigenvalue weighted by Crippen LogP contribution is -2.33. The van der Waals surface area contributed by atoms with Crippen molar-refractivity contribution in [2.75, 3.05) is 7.05 Å². The lowest BCUT2D eigenvalue weighted by Gasteiger charge is -2.03. The summed E-state index contributed by atoms with van der Waals surface area (Å²) < 4.78 is 12.8. The van der Waals surface area contributed by atoms with Crippen molar-refractivity contribution in [1.29, 1.82) is 0 Å². The van der Waals surface area contributed by atoms with E-state index in [1.54, 1.807) is 13.1 Å². The van der Waals surface area contributed by atoms with E-state index in [9.17, 15) is 9.18 Å². The maximum absolute atomic E-state index is 12.8. The quantitative estimate of drug-likeness (QED) is 0.571. The van der Waals surface area contributed by atoms with E-state index in [1.807, 2.05) is 6.07 Å². The number of nitrogens with one attached hydrogen (secondary N) is 2. The highest BCUT2D eigenvalue weighted by atomic mass is 19.1. The predicted octanol–water partition coefficient (Wildman–Crippen LogP) is 1.79. The minimum atomic E-state index is -0.203. The highest BCUT2D eigenvalue weighted by Crippen LogP contribution is 2.08. The van der Waals surface area contributed by atoms with Gasteiger partial charge in [0, 0.05) is 13.5 Å². The zero-order valence-corrected chi connectivity index (χ0v) is 9.42. The first-order valence-corrected chi connectivity index (χ1v) is 5.42. The van der Waals surface area contributed by atoms with Crippen molar-refractivity contribution in [3.05, 3.63) is 35.6 Å². The van der Waals surface area contributed by atoms with Crippen LogP contribution in [0.15, 0.2) is 24.3 Å². The van der Waals surface area contributed by atoms with Crippen LogP contribution < -0.4 is 10.9 Å². The first-order chi connectivity index (χ1) is 7.72. The largest absolute Gasteiger partial charge is 0.292 e. The molecule has 0 spiro atoms. The van der Waals surface area contributed by atoms with Crippen LogP contribution in [0.5, 0.6) is 0 Å². The molecular weight excluding hydrogens is 207 g/mol. The molecule has 4 heteroatoms. The molecule has 88 valence electrons. The molecule has 0 aromatic heterocycles. The summed E-state index contributed by atoms with van der Waals surface area (Å²) in [7, 11) is 1.66. The van der Waals surface area contributed by atoms with Crippen LogP contribution in [0.3, 0.4) is 0 Å². The molecule has 0 heterocycles. The molecular formula is C12H17FN2O. The standard InChI is InChI=1S/C12H17FN2O/c1-14-15-12(16)8-3-2-5-10-6-4-7-11(13)9-10/h4,6-7,9,14H,2-3,5,8H2,1H3,(H,15,16). The lowest BCUT2D eigenvalue weighted by molar-refractivity contribution is -0.122. The third-order valence-electron chi connectivity index (χ3n) is 2.27. The number of unbranched alkanes of at least 4 members (excludes halogenated alkanes) is 1. The minimum Gasteiger partial charge on any atom is -0.292 e. The van der Waals surface area contributed by atoms with Crippen LogP contribution in [-0.2, 0) is 11.2 Å². The van der Waals surface area contributed by atoms with Gasteiger partial charge in [-0.25, -0.2) is 9.82 Å². The maximum Gasteiger partial charge on any atom is 0.234 e. The third-order valence-corrected chi connectivity index (χ3v) is 2.27. The number of hydrogen-bond donors (Lipinski definition) is 2. The van der Waals surface area contributed by atoms with Crippen molar-refractivity contribution in [1.82, 2.24) is 10.9 Å². The van der Waals surface area contributed by atoms with E-state index in [0.717, 1.165) is 24.8 Å². The molecule has 1 amide bonds. The van der Waals surface area contributed by atoms with E-state index < -0.39 is 0 Å². The first-order valence-electron chi connectivity index (χ1n) is 5.42. The van der Waals surface area contributed by atoms with Crippen LogP contribution in [0.2, 0.25) is 0 Å². The molecule has 0 saturated heterocycles. The second kappa shape index (κ2) is 6.95. The molecule has 0 bridgehead atoms. The number of halogens is 1. The van der Waals surface area contributed by atoms with Crippen molar-refractivity contribution in [2.24, 2.45) is 0 Å². The molecule has 0 aliphatic rings. The topological polar surface area (TPSA) is 41.1 Å². The van der Waals surface area contributed by atoms with E-state index in [0.29, 0.717) is 6.42 Å². The average Bonchev–Trinajstić information content (AvgIpc) is 2.25. The second-order valence-electron chi connectivity index (χ2n) is 3.64. The number of rotatable bonds is 6. The molecule has 1 rings (SSSR count). The molecule has 1 aromatic carbocycles. The third kappa shape index (κ3) is 4.89. The fourth-order valence-corrected chi connectivity index (χ4v) is 1.51. The summed E-state index contributed by atoms with van der Waals surface area (Å²) in [6.07, 6.45) is 3.01. The average molecular weight is 224 g/mol. The van der Waals surface area contributed by atoms with Crippen LogP contribution in [0, 0.1) is 5.82 Å². The van der Waals surface area contributed by atoms with E-state index in [4.69, 9.17) is 0 Å². The summed E-state index contributed by atoms with van der Waals surface area (Å²) in [6.45, 7) is 0. The molecule has 0 radical (unpaired) electrons. The monoisotopic (exact) mass is 224 g/mol. The molecule has 2 N–H and O–H groups in total. The van der Waals surface area contributed by atoms with Crippen LogP contribution in [-0.4, -0.2) is 13.0 Å². The molecule has 0 saturated carbocycles. The number of hydrogen-bond acceptors (Lipinski definition) is 2. The summed E-state index contributed by atoms with van der Waals surface area (Å²) in [5, 5.41) is 0. The fourth-order valence-electron chi connectivity index (χ4n) is 1.51. The molecule has 0 fully saturated rings. The summed E-state index contributed by atoms with van der Waals surface area (Å²) in [5.41, 5.74) is 6.07. The fraction of sp³-hybridized carbons (Fsp3) is 0.417. The van der Waals surface area contributed by atoms with Crippen LogP contribution in [0.4, 0.5) is 4.39 Å². The Hall–Kier alpha value is -1.42. The molecule has 0 aliphatic heterocycles. The van der Waals surface area contributed by atoms with E-state index in [-0.39, 0.29) is 11.7 Å². The lowest BCUT2D eigenvalue weighted by atomic mass is 10.1. The van der Waals surface area contributed by atoms with Crippen molar-refractivity contribution in [2.45, 2.75) is 25.7 Å². The maximum atomic E-state index is 12.8. The SMILES string of the molecule is CNNC(=O)CCCCc1cccc(F)c1. The van der Waals surface area contributed by atoms with Crippen LogP contribution in [0.25, 0.3) is 0 Å².